The van der Waals surface area contributed by atoms with E-state index in [9.17, 15) is 19.4 Å². The minimum Gasteiger partial charge on any atom is -0.486 e. The molecule has 4 aromatic rings. The number of aromatic carboxylic acids is 1. The molecule has 1 aromatic heterocycles. The number of aliphatic hydroxyl groups is 1. The maximum absolute atomic E-state index is 14.2. The van der Waals surface area contributed by atoms with Crippen molar-refractivity contribution in [2.75, 3.05) is 19.7 Å². The summed E-state index contributed by atoms with van der Waals surface area (Å²) in [4.78, 5) is 18.7. The number of benzene rings is 3. The molecule has 0 spiro atoms. The summed E-state index contributed by atoms with van der Waals surface area (Å²) in [5, 5.41) is 29.2. The summed E-state index contributed by atoms with van der Waals surface area (Å²) in [7, 11) is 0. The Hall–Kier alpha value is -4.30. The average Bonchev–Trinajstić information content (AvgIpc) is 3.56. The molecule has 2 atom stereocenters. The molecule has 0 saturated carbocycles. The zero-order valence-electron chi connectivity index (χ0n) is 22.3. The summed E-state index contributed by atoms with van der Waals surface area (Å²) >= 11 is 0. The number of nitriles is 1. The lowest BCUT2D eigenvalue weighted by Gasteiger charge is -2.37. The van der Waals surface area contributed by atoms with E-state index in [1.54, 1.807) is 18.2 Å². The first-order valence-corrected chi connectivity index (χ1v) is 13.5. The van der Waals surface area contributed by atoms with E-state index in [0.29, 0.717) is 30.6 Å². The van der Waals surface area contributed by atoms with Crippen molar-refractivity contribution in [3.63, 3.8) is 0 Å². The Labute approximate surface area is 236 Å². The highest BCUT2D eigenvalue weighted by molar-refractivity contribution is 5.92. The average molecular weight is 557 g/mol. The Morgan fingerprint density at radius 1 is 1.22 bits per heavy atom. The Morgan fingerprint density at radius 3 is 2.80 bits per heavy atom. The molecular weight excluding hydrogens is 527 g/mol. The number of carboxylic acids is 1. The van der Waals surface area contributed by atoms with Crippen LogP contribution in [0.15, 0.2) is 60.7 Å². The second kappa shape index (κ2) is 10.9. The fourth-order valence-corrected chi connectivity index (χ4v) is 5.55. The summed E-state index contributed by atoms with van der Waals surface area (Å²) in [5.74, 6) is -1.71. The van der Waals surface area contributed by atoms with Crippen LogP contribution in [-0.2, 0) is 24.4 Å². The second-order valence-corrected chi connectivity index (χ2v) is 10.7. The number of carboxylic acid groups (broad SMARTS) is 1. The largest absolute Gasteiger partial charge is 0.486 e. The number of nitrogens with zero attached hydrogens (tertiary/aromatic N) is 4. The highest BCUT2D eigenvalue weighted by Crippen LogP contribution is 2.32. The van der Waals surface area contributed by atoms with Gasteiger partial charge in [-0.1, -0.05) is 24.3 Å². The predicted octanol–water partition coefficient (Wildman–Crippen LogP) is 4.42. The molecule has 210 valence electrons. The smallest absolute Gasteiger partial charge is 0.335 e. The highest BCUT2D eigenvalue weighted by atomic mass is 19.1. The van der Waals surface area contributed by atoms with Crippen molar-refractivity contribution in [2.45, 2.75) is 44.2 Å². The van der Waals surface area contributed by atoms with Crippen LogP contribution in [-0.4, -0.2) is 56.1 Å². The first-order valence-electron chi connectivity index (χ1n) is 13.5. The van der Waals surface area contributed by atoms with Crippen molar-refractivity contribution in [3.8, 4) is 11.8 Å². The molecule has 0 bridgehead atoms. The van der Waals surface area contributed by atoms with Gasteiger partial charge in [0.1, 0.15) is 12.4 Å². The van der Waals surface area contributed by atoms with E-state index in [1.807, 2.05) is 22.8 Å². The normalized spacial score (nSPS) is 20.6. The first kappa shape index (κ1) is 26.9. The molecule has 2 saturated heterocycles. The molecule has 10 heteroatoms. The highest BCUT2D eigenvalue weighted by Gasteiger charge is 2.38. The number of ether oxygens (including phenoxy) is 2. The zero-order valence-corrected chi connectivity index (χ0v) is 22.3. The molecule has 2 aliphatic rings. The van der Waals surface area contributed by atoms with Crippen molar-refractivity contribution >= 4 is 17.0 Å². The second-order valence-electron chi connectivity index (χ2n) is 10.7. The molecule has 41 heavy (non-hydrogen) atoms. The van der Waals surface area contributed by atoms with Gasteiger partial charge in [0.2, 0.25) is 0 Å². The van der Waals surface area contributed by atoms with Gasteiger partial charge in [-0.3, -0.25) is 4.90 Å². The molecule has 3 heterocycles. The van der Waals surface area contributed by atoms with Gasteiger partial charge in [-0.2, -0.15) is 5.26 Å². The Balaban J connectivity index is 1.16. The van der Waals surface area contributed by atoms with Crippen molar-refractivity contribution in [2.24, 2.45) is 0 Å². The lowest BCUT2D eigenvalue weighted by atomic mass is 9.97. The monoisotopic (exact) mass is 556 g/mol. The van der Waals surface area contributed by atoms with Gasteiger partial charge in [-0.05, 0) is 66.4 Å². The summed E-state index contributed by atoms with van der Waals surface area (Å²) in [6.45, 7) is 3.08. The van der Waals surface area contributed by atoms with Crippen LogP contribution in [0.25, 0.3) is 11.0 Å². The number of rotatable bonds is 9. The minimum atomic E-state index is -1.28. The predicted molar refractivity (Wildman–Crippen MR) is 147 cm³/mol. The standard InChI is InChI=1S/C31H29FN4O5/c32-25-13-20(15-33)4-7-28(25)40-18-21-2-1-3-22(12-21)24-8-10-35(16-24)17-29-34-26-6-5-23(30(37)38)14-27(26)36(29)19-31(39)9-11-41-31/h1-7,12-14,24,39H,8-11,16-19H2,(H,37,38)/t24-,31+/m0/s1. The SMILES string of the molecule is N#Cc1ccc(OCc2cccc([C@H]3CCN(Cc4nc5ccc(C(=O)O)cc5n4C[C@@]4(O)CCO4)C3)c2)c(F)c1. The third kappa shape index (κ3) is 5.65. The molecule has 0 aliphatic carbocycles. The minimum absolute atomic E-state index is 0.108. The molecule has 3 aromatic carbocycles. The van der Waals surface area contributed by atoms with Crippen LogP contribution in [0.2, 0.25) is 0 Å². The molecule has 9 nitrogen and oxygen atoms in total. The van der Waals surface area contributed by atoms with E-state index in [0.717, 1.165) is 37.0 Å². The third-order valence-electron chi connectivity index (χ3n) is 7.86. The maximum atomic E-state index is 14.2. The van der Waals surface area contributed by atoms with Crippen molar-refractivity contribution < 1.29 is 28.9 Å². The number of hydrogen-bond acceptors (Lipinski definition) is 7. The topological polar surface area (TPSA) is 121 Å². The number of aromatic nitrogens is 2. The van der Waals surface area contributed by atoms with Crippen LogP contribution in [0.3, 0.4) is 0 Å². The first-order chi connectivity index (χ1) is 19.8. The Kier molecular flexibility index (Phi) is 7.17. The fraction of sp³-hybridized carbons (Fsp3) is 0.323. The Morgan fingerprint density at radius 2 is 2.07 bits per heavy atom. The van der Waals surface area contributed by atoms with Crippen molar-refractivity contribution in [1.82, 2.24) is 14.5 Å². The number of hydrogen-bond donors (Lipinski definition) is 2. The van der Waals surface area contributed by atoms with Crippen molar-refractivity contribution in [3.05, 3.63) is 94.6 Å². The van der Waals surface area contributed by atoms with Gasteiger partial charge in [0.25, 0.3) is 0 Å². The number of imidazole rings is 1. The maximum Gasteiger partial charge on any atom is 0.335 e. The fourth-order valence-electron chi connectivity index (χ4n) is 5.55. The molecule has 0 unspecified atom stereocenters. The molecule has 6 rings (SSSR count). The third-order valence-corrected chi connectivity index (χ3v) is 7.86. The lowest BCUT2D eigenvalue weighted by molar-refractivity contribution is -0.288. The van der Waals surface area contributed by atoms with Crippen molar-refractivity contribution in [1.29, 1.82) is 5.26 Å². The van der Waals surface area contributed by atoms with Crippen LogP contribution in [0.5, 0.6) is 5.75 Å². The Bertz CT molecular complexity index is 1660. The van der Waals surface area contributed by atoms with E-state index in [2.05, 4.69) is 17.0 Å². The van der Waals surface area contributed by atoms with Crippen LogP contribution < -0.4 is 4.74 Å². The van der Waals surface area contributed by atoms with E-state index < -0.39 is 17.6 Å². The molecule has 2 fully saturated rings. The van der Waals surface area contributed by atoms with Crippen LogP contribution in [0, 0.1) is 17.1 Å². The quantitative estimate of drug-likeness (QED) is 0.311. The molecule has 2 aliphatic heterocycles. The molecule has 2 N–H and O–H groups in total. The molecule has 0 radical (unpaired) electrons. The number of halogens is 1. The molecule has 0 amide bonds. The van der Waals surface area contributed by atoms with Gasteiger partial charge in [-0.15, -0.1) is 0 Å². The van der Waals surface area contributed by atoms with E-state index >= 15 is 0 Å². The van der Waals surface area contributed by atoms with Gasteiger partial charge in [0.05, 0.1) is 47.9 Å². The number of likely N-dealkylation sites (tertiary alicyclic amines) is 1. The summed E-state index contributed by atoms with van der Waals surface area (Å²) < 4.78 is 27.2. The van der Waals surface area contributed by atoms with Crippen LogP contribution in [0.1, 0.15) is 51.6 Å². The van der Waals surface area contributed by atoms with Gasteiger partial charge in [0, 0.05) is 13.0 Å². The van der Waals surface area contributed by atoms with Gasteiger partial charge >= 0.3 is 5.97 Å². The number of carbonyl (C=O) groups is 1. The van der Waals surface area contributed by atoms with Crippen LogP contribution in [0.4, 0.5) is 4.39 Å². The summed E-state index contributed by atoms with van der Waals surface area (Å²) in [6, 6.07) is 19.0. The number of fused-ring (bicyclic) bond motifs is 1. The van der Waals surface area contributed by atoms with E-state index in [-0.39, 0.29) is 35.9 Å². The van der Waals surface area contributed by atoms with Crippen LogP contribution >= 0.6 is 0 Å². The van der Waals surface area contributed by atoms with Gasteiger partial charge in [-0.25, -0.2) is 14.2 Å². The van der Waals surface area contributed by atoms with E-state index in [4.69, 9.17) is 19.7 Å². The molecular formula is C31H29FN4O5. The van der Waals surface area contributed by atoms with Gasteiger partial charge in [0.15, 0.2) is 17.4 Å². The van der Waals surface area contributed by atoms with Gasteiger partial charge < -0.3 is 24.3 Å². The lowest BCUT2D eigenvalue weighted by Crippen LogP contribution is -2.47. The summed E-state index contributed by atoms with van der Waals surface area (Å²) in [6.07, 6.45) is 1.46. The zero-order chi connectivity index (χ0) is 28.6. The van der Waals surface area contributed by atoms with E-state index in [1.165, 1.54) is 17.7 Å². The summed E-state index contributed by atoms with van der Waals surface area (Å²) in [5.41, 5.74) is 3.84.